The summed E-state index contributed by atoms with van der Waals surface area (Å²) in [6.07, 6.45) is 1.89. The van der Waals surface area contributed by atoms with Gasteiger partial charge >= 0.3 is 0 Å². The van der Waals surface area contributed by atoms with Gasteiger partial charge in [-0.25, -0.2) is 0 Å². The van der Waals surface area contributed by atoms with Gasteiger partial charge in [-0.2, -0.15) is 5.10 Å². The molecule has 1 aromatic rings. The summed E-state index contributed by atoms with van der Waals surface area (Å²) in [7, 11) is 3.65. The second-order valence-corrected chi connectivity index (χ2v) is 4.50. The van der Waals surface area contributed by atoms with Crippen molar-refractivity contribution in [1.82, 2.24) is 15.1 Å². The van der Waals surface area contributed by atoms with Gasteiger partial charge in [0, 0.05) is 26.7 Å². The van der Waals surface area contributed by atoms with Gasteiger partial charge < -0.3 is 10.1 Å². The van der Waals surface area contributed by atoms with Crippen LogP contribution in [0.5, 0.6) is 0 Å². The number of nitrogens with one attached hydrogen (secondary N) is 1. The maximum absolute atomic E-state index is 6.28. The first-order valence-electron chi connectivity index (χ1n) is 6.06. The third-order valence-electron chi connectivity index (χ3n) is 2.92. The van der Waals surface area contributed by atoms with Crippen molar-refractivity contribution in [3.8, 4) is 0 Å². The molecule has 0 aliphatic carbocycles. The first-order chi connectivity index (χ1) is 8.13. The Kier molecular flexibility index (Phi) is 5.95. The highest BCUT2D eigenvalue weighted by Gasteiger charge is 2.14. The SMILES string of the molecule is CCc1nn(C)c(CNC(CC)COC)c1Cl. The van der Waals surface area contributed by atoms with Crippen LogP contribution in [0.2, 0.25) is 5.02 Å². The van der Waals surface area contributed by atoms with Crippen molar-refractivity contribution < 1.29 is 4.74 Å². The molecule has 98 valence electrons. The monoisotopic (exact) mass is 259 g/mol. The van der Waals surface area contributed by atoms with Gasteiger partial charge in [-0.3, -0.25) is 4.68 Å². The van der Waals surface area contributed by atoms with E-state index < -0.39 is 0 Å². The Labute approximate surface area is 108 Å². The predicted molar refractivity (Wildman–Crippen MR) is 70.4 cm³/mol. The molecule has 0 aliphatic rings. The maximum Gasteiger partial charge on any atom is 0.0863 e. The van der Waals surface area contributed by atoms with Crippen molar-refractivity contribution in [2.75, 3.05) is 13.7 Å². The lowest BCUT2D eigenvalue weighted by molar-refractivity contribution is 0.163. The number of aryl methyl sites for hydroxylation is 2. The van der Waals surface area contributed by atoms with Gasteiger partial charge in [0.2, 0.25) is 0 Å². The average molecular weight is 260 g/mol. The van der Waals surface area contributed by atoms with Crippen molar-refractivity contribution in [3.63, 3.8) is 0 Å². The summed E-state index contributed by atoms with van der Waals surface area (Å²) in [6, 6.07) is 0.357. The van der Waals surface area contributed by atoms with Crippen LogP contribution in [0.1, 0.15) is 31.7 Å². The van der Waals surface area contributed by atoms with Crippen LogP contribution in [0, 0.1) is 0 Å². The number of ether oxygens (including phenoxy) is 1. The number of hydrogen-bond acceptors (Lipinski definition) is 3. The van der Waals surface area contributed by atoms with E-state index in [0.717, 1.165) is 35.8 Å². The molecule has 0 radical (unpaired) electrons. The zero-order chi connectivity index (χ0) is 12.8. The highest BCUT2D eigenvalue weighted by Crippen LogP contribution is 2.20. The van der Waals surface area contributed by atoms with E-state index in [4.69, 9.17) is 16.3 Å². The molecule has 4 nitrogen and oxygen atoms in total. The van der Waals surface area contributed by atoms with Gasteiger partial charge in [0.1, 0.15) is 0 Å². The molecule has 17 heavy (non-hydrogen) atoms. The van der Waals surface area contributed by atoms with Gasteiger partial charge in [-0.05, 0) is 12.8 Å². The molecule has 1 aromatic heterocycles. The van der Waals surface area contributed by atoms with Crippen molar-refractivity contribution in [1.29, 1.82) is 0 Å². The summed E-state index contributed by atoms with van der Waals surface area (Å²) in [4.78, 5) is 0. The lowest BCUT2D eigenvalue weighted by atomic mass is 10.2. The minimum absolute atomic E-state index is 0.357. The molecule has 0 saturated heterocycles. The van der Waals surface area contributed by atoms with Gasteiger partial charge in [-0.15, -0.1) is 0 Å². The van der Waals surface area contributed by atoms with Gasteiger partial charge in [0.25, 0.3) is 0 Å². The number of aromatic nitrogens is 2. The maximum atomic E-state index is 6.28. The summed E-state index contributed by atoms with van der Waals surface area (Å²) in [6.45, 7) is 5.64. The zero-order valence-corrected chi connectivity index (χ0v) is 11.8. The van der Waals surface area contributed by atoms with Crippen LogP contribution in [0.3, 0.4) is 0 Å². The Morgan fingerprint density at radius 2 is 2.18 bits per heavy atom. The largest absolute Gasteiger partial charge is 0.383 e. The van der Waals surface area contributed by atoms with Crippen LogP contribution < -0.4 is 5.32 Å². The quantitative estimate of drug-likeness (QED) is 0.816. The fourth-order valence-corrected chi connectivity index (χ4v) is 2.14. The second-order valence-electron chi connectivity index (χ2n) is 4.13. The fourth-order valence-electron chi connectivity index (χ4n) is 1.78. The smallest absolute Gasteiger partial charge is 0.0863 e. The molecule has 0 aliphatic heterocycles. The highest BCUT2D eigenvalue weighted by atomic mass is 35.5. The lowest BCUT2D eigenvalue weighted by Gasteiger charge is -2.15. The molecule has 0 saturated carbocycles. The van der Waals surface area contributed by atoms with E-state index in [9.17, 15) is 0 Å². The second kappa shape index (κ2) is 6.99. The molecule has 0 spiro atoms. The number of rotatable bonds is 7. The molecule has 1 heterocycles. The van der Waals surface area contributed by atoms with Crippen molar-refractivity contribution in [2.24, 2.45) is 7.05 Å². The third kappa shape index (κ3) is 3.69. The van der Waals surface area contributed by atoms with E-state index in [2.05, 4.69) is 24.3 Å². The highest BCUT2D eigenvalue weighted by molar-refractivity contribution is 6.31. The number of hydrogen-bond donors (Lipinski definition) is 1. The Morgan fingerprint density at radius 3 is 2.65 bits per heavy atom. The Morgan fingerprint density at radius 1 is 1.47 bits per heavy atom. The summed E-state index contributed by atoms with van der Waals surface area (Å²) in [5.74, 6) is 0. The summed E-state index contributed by atoms with van der Waals surface area (Å²) >= 11 is 6.28. The Hall–Kier alpha value is -0.580. The molecular formula is C12H22ClN3O. The summed E-state index contributed by atoms with van der Waals surface area (Å²) in [5.41, 5.74) is 2.00. The third-order valence-corrected chi connectivity index (χ3v) is 3.36. The minimum atomic E-state index is 0.357. The van der Waals surface area contributed by atoms with E-state index in [-0.39, 0.29) is 0 Å². The first kappa shape index (κ1) is 14.5. The van der Waals surface area contributed by atoms with Crippen LogP contribution in [0.15, 0.2) is 0 Å². The molecule has 1 N–H and O–H groups in total. The lowest BCUT2D eigenvalue weighted by Crippen LogP contribution is -2.32. The van der Waals surface area contributed by atoms with Crippen molar-refractivity contribution in [3.05, 3.63) is 16.4 Å². The van der Waals surface area contributed by atoms with Gasteiger partial charge in [0.05, 0.1) is 23.0 Å². The van der Waals surface area contributed by atoms with E-state index in [1.54, 1.807) is 7.11 Å². The Bertz CT molecular complexity index is 352. The van der Waals surface area contributed by atoms with E-state index in [1.165, 1.54) is 0 Å². The van der Waals surface area contributed by atoms with Crippen LogP contribution in [-0.4, -0.2) is 29.5 Å². The average Bonchev–Trinajstić information content (AvgIpc) is 2.60. The predicted octanol–water partition coefficient (Wildman–Crippen LogP) is 2.15. The van der Waals surface area contributed by atoms with Gasteiger partial charge in [-0.1, -0.05) is 25.4 Å². The van der Waals surface area contributed by atoms with E-state index >= 15 is 0 Å². The molecule has 0 aromatic carbocycles. The van der Waals surface area contributed by atoms with E-state index in [0.29, 0.717) is 12.6 Å². The van der Waals surface area contributed by atoms with Crippen LogP contribution in [-0.2, 0) is 24.8 Å². The van der Waals surface area contributed by atoms with Gasteiger partial charge in [0.15, 0.2) is 0 Å². The van der Waals surface area contributed by atoms with Crippen molar-refractivity contribution >= 4 is 11.6 Å². The summed E-state index contributed by atoms with van der Waals surface area (Å²) < 4.78 is 7.01. The zero-order valence-electron chi connectivity index (χ0n) is 11.1. The van der Waals surface area contributed by atoms with Crippen LogP contribution in [0.4, 0.5) is 0 Å². The first-order valence-corrected chi connectivity index (χ1v) is 6.44. The molecule has 5 heteroatoms. The molecule has 1 unspecified atom stereocenters. The molecular weight excluding hydrogens is 238 g/mol. The molecule has 1 atom stereocenters. The standard InChI is InChI=1S/C12H22ClN3O/c1-5-9(8-17-4)14-7-11-12(13)10(6-2)15-16(11)3/h9,14H,5-8H2,1-4H3. The molecule has 0 amide bonds. The minimum Gasteiger partial charge on any atom is -0.383 e. The molecule has 0 bridgehead atoms. The number of halogens is 1. The normalized spacial score (nSPS) is 13.0. The van der Waals surface area contributed by atoms with Crippen LogP contribution in [0.25, 0.3) is 0 Å². The van der Waals surface area contributed by atoms with Crippen molar-refractivity contribution in [2.45, 2.75) is 39.3 Å². The molecule has 1 rings (SSSR count). The fraction of sp³-hybridized carbons (Fsp3) is 0.750. The topological polar surface area (TPSA) is 39.1 Å². The molecule has 0 fully saturated rings. The number of methoxy groups -OCH3 is 1. The van der Waals surface area contributed by atoms with Crippen LogP contribution >= 0.6 is 11.6 Å². The summed E-state index contributed by atoms with van der Waals surface area (Å²) in [5, 5.41) is 8.61. The van der Waals surface area contributed by atoms with E-state index in [1.807, 2.05) is 11.7 Å². The number of nitrogens with zero attached hydrogens (tertiary/aromatic N) is 2. The Balaban J connectivity index is 2.65.